The number of ether oxygens (including phenoxy) is 2. The van der Waals surface area contributed by atoms with Crippen LogP contribution in [0.2, 0.25) is 0 Å². The van der Waals surface area contributed by atoms with Crippen molar-refractivity contribution in [1.82, 2.24) is 0 Å². The maximum absolute atomic E-state index is 13.0. The van der Waals surface area contributed by atoms with E-state index in [1.54, 1.807) is 0 Å². The molecule has 0 aliphatic heterocycles. The third-order valence-corrected chi connectivity index (χ3v) is 6.15. The molecule has 0 aromatic heterocycles. The van der Waals surface area contributed by atoms with E-state index in [0.717, 1.165) is 6.42 Å². The summed E-state index contributed by atoms with van der Waals surface area (Å²) in [5.74, 6) is -0.475. The lowest BCUT2D eigenvalue weighted by molar-refractivity contribution is -0.185. The average molecular weight is 322 g/mol. The summed E-state index contributed by atoms with van der Waals surface area (Å²) < 4.78 is 11.1. The minimum atomic E-state index is -0.877. The maximum Gasteiger partial charge on any atom is 0.313 e. The van der Waals surface area contributed by atoms with Gasteiger partial charge in [-0.05, 0) is 73.6 Å². The molecule has 0 aromatic rings. The van der Waals surface area contributed by atoms with Gasteiger partial charge in [-0.25, -0.2) is 0 Å². The molecule has 23 heavy (non-hydrogen) atoms. The molecule has 0 saturated heterocycles. The molecule has 0 heterocycles. The van der Waals surface area contributed by atoms with Gasteiger partial charge in [-0.3, -0.25) is 9.59 Å². The Balaban J connectivity index is 2.53. The van der Waals surface area contributed by atoms with E-state index in [4.69, 9.17) is 9.47 Å². The zero-order valence-corrected chi connectivity index (χ0v) is 15.6. The fraction of sp³-hybridized carbons (Fsp3) is 0.789. The lowest BCUT2D eigenvalue weighted by Crippen LogP contribution is -2.55. The first-order valence-electron chi connectivity index (χ1n) is 8.57. The van der Waals surface area contributed by atoms with Gasteiger partial charge >= 0.3 is 11.9 Å². The van der Waals surface area contributed by atoms with E-state index in [0.29, 0.717) is 0 Å². The van der Waals surface area contributed by atoms with E-state index in [1.165, 1.54) is 11.1 Å². The number of rotatable bonds is 4. The smallest absolute Gasteiger partial charge is 0.313 e. The zero-order valence-electron chi connectivity index (χ0n) is 15.6. The van der Waals surface area contributed by atoms with Crippen LogP contribution in [0.3, 0.4) is 0 Å². The number of esters is 2. The molecular weight excluding hydrogens is 292 g/mol. The molecule has 130 valence electrons. The van der Waals surface area contributed by atoms with E-state index in [-0.39, 0.29) is 36.0 Å². The van der Waals surface area contributed by atoms with Gasteiger partial charge in [0, 0.05) is 0 Å². The first-order chi connectivity index (χ1) is 10.5. The van der Waals surface area contributed by atoms with Gasteiger partial charge in [-0.2, -0.15) is 0 Å². The van der Waals surface area contributed by atoms with Crippen molar-refractivity contribution in [2.24, 2.45) is 22.7 Å². The van der Waals surface area contributed by atoms with Gasteiger partial charge in [-0.15, -0.1) is 0 Å². The Morgan fingerprint density at radius 1 is 0.870 bits per heavy atom. The summed E-state index contributed by atoms with van der Waals surface area (Å²) in [7, 11) is 0. The highest BCUT2D eigenvalue weighted by atomic mass is 16.6. The molecule has 4 atom stereocenters. The van der Waals surface area contributed by atoms with Crippen LogP contribution < -0.4 is 0 Å². The highest BCUT2D eigenvalue weighted by Gasteiger charge is 2.72. The lowest BCUT2D eigenvalue weighted by atomic mass is 9.56. The number of fused-ring (bicyclic) bond motifs is 2. The Morgan fingerprint density at radius 2 is 1.17 bits per heavy atom. The first kappa shape index (κ1) is 18.0. The average Bonchev–Trinajstić information content (AvgIpc) is 2.84. The summed E-state index contributed by atoms with van der Waals surface area (Å²) in [4.78, 5) is 25.9. The molecule has 2 aliphatic rings. The second-order valence-electron chi connectivity index (χ2n) is 8.02. The van der Waals surface area contributed by atoms with Crippen molar-refractivity contribution in [3.63, 3.8) is 0 Å². The van der Waals surface area contributed by atoms with Crippen LogP contribution in [0, 0.1) is 22.7 Å². The summed E-state index contributed by atoms with van der Waals surface area (Å²) >= 11 is 0. The Kier molecular flexibility index (Phi) is 4.42. The second-order valence-corrected chi connectivity index (χ2v) is 8.02. The van der Waals surface area contributed by atoms with Gasteiger partial charge in [0.1, 0.15) is 0 Å². The van der Waals surface area contributed by atoms with Crippen molar-refractivity contribution in [2.75, 3.05) is 0 Å². The molecule has 0 spiro atoms. The fourth-order valence-corrected chi connectivity index (χ4v) is 4.58. The largest absolute Gasteiger partial charge is 0.463 e. The third-order valence-electron chi connectivity index (χ3n) is 6.15. The van der Waals surface area contributed by atoms with Gasteiger partial charge in [-0.1, -0.05) is 11.1 Å². The topological polar surface area (TPSA) is 52.6 Å². The SMILES string of the molecule is CC1=C(C)C2CC1C(C)(C(=O)OC(C)C)C2(C)C(=O)OC(C)C. The van der Waals surface area contributed by atoms with Gasteiger partial charge in [0.05, 0.1) is 23.0 Å². The number of allylic oxidation sites excluding steroid dienone is 2. The van der Waals surface area contributed by atoms with Gasteiger partial charge in [0.2, 0.25) is 0 Å². The van der Waals surface area contributed by atoms with Crippen molar-refractivity contribution in [2.45, 2.75) is 74.0 Å². The van der Waals surface area contributed by atoms with Crippen LogP contribution >= 0.6 is 0 Å². The number of hydrogen-bond donors (Lipinski definition) is 0. The molecule has 1 fully saturated rings. The molecular formula is C19H30O4. The van der Waals surface area contributed by atoms with Gasteiger partial charge in [0.15, 0.2) is 0 Å². The summed E-state index contributed by atoms with van der Waals surface area (Å²) in [6.45, 7) is 15.3. The Morgan fingerprint density at radius 3 is 1.43 bits per heavy atom. The Labute approximate surface area is 139 Å². The fourth-order valence-electron chi connectivity index (χ4n) is 4.58. The van der Waals surface area contributed by atoms with Crippen molar-refractivity contribution in [3.05, 3.63) is 11.1 Å². The number of carbonyl (C=O) groups is 2. The third kappa shape index (κ3) is 2.33. The predicted octanol–water partition coefficient (Wildman–Crippen LogP) is 3.89. The molecule has 2 bridgehead atoms. The van der Waals surface area contributed by atoms with Crippen LogP contribution in [0.25, 0.3) is 0 Å². The zero-order chi connectivity index (χ0) is 17.7. The Hall–Kier alpha value is -1.32. The first-order valence-corrected chi connectivity index (χ1v) is 8.57. The standard InChI is InChI=1S/C19H30O4/c1-10(2)22-16(20)18(7)14-9-15(13(6)12(14)5)19(18,8)17(21)23-11(3)4/h10-11,14-15H,9H2,1-8H3. The number of hydrogen-bond acceptors (Lipinski definition) is 4. The number of carbonyl (C=O) groups excluding carboxylic acids is 2. The van der Waals surface area contributed by atoms with Crippen LogP contribution in [0.4, 0.5) is 0 Å². The highest BCUT2D eigenvalue weighted by Crippen LogP contribution is 2.68. The van der Waals surface area contributed by atoms with Gasteiger partial charge in [0.25, 0.3) is 0 Å². The van der Waals surface area contributed by atoms with Crippen LogP contribution in [-0.4, -0.2) is 24.1 Å². The molecule has 1 saturated carbocycles. The summed E-state index contributed by atoms with van der Waals surface area (Å²) in [6.07, 6.45) is 0.425. The molecule has 4 unspecified atom stereocenters. The van der Waals surface area contributed by atoms with E-state index >= 15 is 0 Å². The molecule has 4 nitrogen and oxygen atoms in total. The van der Waals surface area contributed by atoms with E-state index in [9.17, 15) is 9.59 Å². The Bertz CT molecular complexity index is 512. The monoisotopic (exact) mass is 322 g/mol. The lowest BCUT2D eigenvalue weighted by Gasteiger charge is -2.46. The molecule has 4 heteroatoms. The highest BCUT2D eigenvalue weighted by molar-refractivity contribution is 5.91. The predicted molar refractivity (Wildman–Crippen MR) is 88.6 cm³/mol. The molecule has 0 aromatic carbocycles. The normalized spacial score (nSPS) is 36.1. The van der Waals surface area contributed by atoms with Gasteiger partial charge < -0.3 is 9.47 Å². The van der Waals surface area contributed by atoms with Crippen LogP contribution in [-0.2, 0) is 19.1 Å². The van der Waals surface area contributed by atoms with E-state index < -0.39 is 10.8 Å². The summed E-state index contributed by atoms with van der Waals surface area (Å²) in [5.41, 5.74) is 0.704. The van der Waals surface area contributed by atoms with Crippen molar-refractivity contribution >= 4 is 11.9 Å². The maximum atomic E-state index is 13.0. The molecule has 0 amide bonds. The van der Waals surface area contributed by atoms with Crippen molar-refractivity contribution in [3.8, 4) is 0 Å². The molecule has 2 aliphatic carbocycles. The van der Waals surface area contributed by atoms with Crippen molar-refractivity contribution in [1.29, 1.82) is 0 Å². The summed E-state index contributed by atoms with van der Waals surface area (Å²) in [5, 5.41) is 0. The molecule has 0 N–H and O–H groups in total. The van der Waals surface area contributed by atoms with Crippen LogP contribution in [0.15, 0.2) is 11.1 Å². The quantitative estimate of drug-likeness (QED) is 0.582. The molecule has 0 radical (unpaired) electrons. The van der Waals surface area contributed by atoms with Crippen LogP contribution in [0.1, 0.15) is 61.8 Å². The van der Waals surface area contributed by atoms with Crippen LogP contribution in [0.5, 0.6) is 0 Å². The van der Waals surface area contributed by atoms with E-state index in [1.807, 2.05) is 41.5 Å². The van der Waals surface area contributed by atoms with Crippen molar-refractivity contribution < 1.29 is 19.1 Å². The minimum absolute atomic E-state index is 0.0449. The second kappa shape index (κ2) is 5.64. The molecule has 2 rings (SSSR count). The minimum Gasteiger partial charge on any atom is -0.463 e. The summed E-state index contributed by atoms with van der Waals surface area (Å²) in [6, 6.07) is 0. The van der Waals surface area contributed by atoms with E-state index in [2.05, 4.69) is 13.8 Å².